The van der Waals surface area contributed by atoms with Gasteiger partial charge in [-0.3, -0.25) is 14.5 Å². The topological polar surface area (TPSA) is 46.6 Å². The van der Waals surface area contributed by atoms with E-state index in [4.69, 9.17) is 0 Å². The highest BCUT2D eigenvalue weighted by Gasteiger charge is 2.20. The molecule has 0 aliphatic heterocycles. The zero-order valence-electron chi connectivity index (χ0n) is 11.2. The second kappa shape index (κ2) is 6.52. The van der Waals surface area contributed by atoms with Crippen molar-refractivity contribution in [1.82, 2.24) is 0 Å². The summed E-state index contributed by atoms with van der Waals surface area (Å²) in [4.78, 5) is 25.2. The molecule has 0 saturated carbocycles. The average molecular weight is 269 g/mol. The Hall–Kier alpha value is -2.62. The van der Waals surface area contributed by atoms with E-state index in [0.29, 0.717) is 11.4 Å². The minimum Gasteiger partial charge on any atom is -0.469 e. The molecule has 0 heterocycles. The van der Waals surface area contributed by atoms with Crippen LogP contribution in [0, 0.1) is 0 Å². The Balaban J connectivity index is 2.35. The number of carbonyl (C=O) groups is 2. The molecule has 0 saturated heterocycles. The first-order valence-corrected chi connectivity index (χ1v) is 6.22. The van der Waals surface area contributed by atoms with Gasteiger partial charge in [-0.2, -0.15) is 0 Å². The quantitative estimate of drug-likeness (QED) is 0.633. The van der Waals surface area contributed by atoms with Crippen LogP contribution in [0.4, 0.5) is 11.4 Å². The number of esters is 1. The number of hydrogen-bond acceptors (Lipinski definition) is 3. The summed E-state index contributed by atoms with van der Waals surface area (Å²) in [6.07, 6.45) is -0.291. The van der Waals surface area contributed by atoms with Crippen molar-refractivity contribution in [2.75, 3.05) is 12.0 Å². The van der Waals surface area contributed by atoms with E-state index >= 15 is 0 Å². The summed E-state index contributed by atoms with van der Waals surface area (Å²) >= 11 is 0. The summed E-state index contributed by atoms with van der Waals surface area (Å²) in [6, 6.07) is 18.4. The van der Waals surface area contributed by atoms with Crippen molar-refractivity contribution in [3.05, 3.63) is 60.7 Å². The molecule has 2 aromatic rings. The van der Waals surface area contributed by atoms with Crippen molar-refractivity contribution in [3.8, 4) is 0 Å². The lowest BCUT2D eigenvalue weighted by Gasteiger charge is -2.22. The summed E-state index contributed by atoms with van der Waals surface area (Å²) in [5.74, 6) is -0.874. The van der Waals surface area contributed by atoms with Gasteiger partial charge in [0.05, 0.1) is 7.11 Å². The van der Waals surface area contributed by atoms with Crippen LogP contribution in [-0.2, 0) is 14.3 Å². The van der Waals surface area contributed by atoms with E-state index in [-0.39, 0.29) is 12.3 Å². The standard InChI is InChI=1S/C16H15NO3/c1-20-16(19)12-15(18)17(13-8-4-2-5-9-13)14-10-6-3-7-11-14/h2-11H,12H2,1H3. The number of benzene rings is 2. The van der Waals surface area contributed by atoms with Crippen molar-refractivity contribution in [3.63, 3.8) is 0 Å². The fourth-order valence-corrected chi connectivity index (χ4v) is 1.87. The highest BCUT2D eigenvalue weighted by atomic mass is 16.5. The van der Waals surface area contributed by atoms with Crippen LogP contribution in [0.25, 0.3) is 0 Å². The van der Waals surface area contributed by atoms with Crippen molar-refractivity contribution >= 4 is 23.3 Å². The van der Waals surface area contributed by atoms with Gasteiger partial charge in [0.25, 0.3) is 0 Å². The second-order valence-corrected chi connectivity index (χ2v) is 4.15. The molecule has 0 N–H and O–H groups in total. The van der Waals surface area contributed by atoms with Crippen LogP contribution in [0.15, 0.2) is 60.7 Å². The molecule has 0 spiro atoms. The number of amides is 1. The van der Waals surface area contributed by atoms with Crippen LogP contribution in [0.2, 0.25) is 0 Å². The fraction of sp³-hybridized carbons (Fsp3) is 0.125. The lowest BCUT2D eigenvalue weighted by Crippen LogP contribution is -2.28. The smallest absolute Gasteiger partial charge is 0.315 e. The molecule has 20 heavy (non-hydrogen) atoms. The summed E-state index contributed by atoms with van der Waals surface area (Å²) in [7, 11) is 1.27. The highest BCUT2D eigenvalue weighted by Crippen LogP contribution is 2.25. The van der Waals surface area contributed by atoms with Crippen molar-refractivity contribution in [2.45, 2.75) is 6.42 Å². The zero-order chi connectivity index (χ0) is 14.4. The molecule has 0 radical (unpaired) electrons. The summed E-state index contributed by atoms with van der Waals surface area (Å²) in [5, 5.41) is 0. The Labute approximate surface area is 117 Å². The third kappa shape index (κ3) is 3.23. The second-order valence-electron chi connectivity index (χ2n) is 4.15. The molecule has 1 amide bonds. The maximum Gasteiger partial charge on any atom is 0.315 e. The maximum atomic E-state index is 12.3. The minimum absolute atomic E-state index is 0.291. The van der Waals surface area contributed by atoms with E-state index < -0.39 is 5.97 Å². The van der Waals surface area contributed by atoms with Gasteiger partial charge in [-0.05, 0) is 24.3 Å². The first-order valence-electron chi connectivity index (χ1n) is 6.22. The van der Waals surface area contributed by atoms with Gasteiger partial charge in [-0.15, -0.1) is 0 Å². The van der Waals surface area contributed by atoms with E-state index in [1.54, 1.807) is 0 Å². The van der Waals surface area contributed by atoms with E-state index in [9.17, 15) is 9.59 Å². The molecule has 0 fully saturated rings. The predicted molar refractivity (Wildman–Crippen MR) is 76.7 cm³/mol. The Morgan fingerprint density at radius 2 is 1.35 bits per heavy atom. The molecular formula is C16H15NO3. The van der Waals surface area contributed by atoms with Crippen LogP contribution in [0.1, 0.15) is 6.42 Å². The van der Waals surface area contributed by atoms with Gasteiger partial charge in [0.2, 0.25) is 5.91 Å². The lowest BCUT2D eigenvalue weighted by molar-refractivity contribution is -0.143. The molecule has 0 atom stereocenters. The van der Waals surface area contributed by atoms with Crippen LogP contribution in [0.3, 0.4) is 0 Å². The molecule has 2 aromatic carbocycles. The Morgan fingerprint density at radius 1 is 0.900 bits per heavy atom. The Bertz CT molecular complexity index is 542. The molecule has 0 aliphatic carbocycles. The Morgan fingerprint density at radius 3 is 1.75 bits per heavy atom. The molecule has 0 aliphatic rings. The highest BCUT2D eigenvalue weighted by molar-refractivity contribution is 6.07. The van der Waals surface area contributed by atoms with Crippen LogP contribution in [-0.4, -0.2) is 19.0 Å². The first kappa shape index (κ1) is 13.8. The summed E-state index contributed by atoms with van der Waals surface area (Å²) in [6.45, 7) is 0. The van der Waals surface area contributed by atoms with E-state index in [1.807, 2.05) is 60.7 Å². The SMILES string of the molecule is COC(=O)CC(=O)N(c1ccccc1)c1ccccc1. The van der Waals surface area contributed by atoms with E-state index in [0.717, 1.165) is 0 Å². The van der Waals surface area contributed by atoms with Gasteiger partial charge in [-0.1, -0.05) is 36.4 Å². The van der Waals surface area contributed by atoms with Gasteiger partial charge in [0.15, 0.2) is 0 Å². The predicted octanol–water partition coefficient (Wildman–Crippen LogP) is 2.91. The van der Waals surface area contributed by atoms with E-state index in [1.165, 1.54) is 12.0 Å². The number of ether oxygens (including phenoxy) is 1. The zero-order valence-corrected chi connectivity index (χ0v) is 11.2. The number of carbonyl (C=O) groups excluding carboxylic acids is 2. The molecule has 4 heteroatoms. The normalized spacial score (nSPS) is 9.85. The van der Waals surface area contributed by atoms with Gasteiger partial charge in [0, 0.05) is 11.4 Å². The molecule has 0 bridgehead atoms. The third-order valence-corrected chi connectivity index (χ3v) is 2.80. The van der Waals surface area contributed by atoms with E-state index in [2.05, 4.69) is 4.74 Å². The number of hydrogen-bond donors (Lipinski definition) is 0. The minimum atomic E-state index is -0.549. The number of para-hydroxylation sites is 2. The number of anilines is 2. The number of rotatable bonds is 4. The lowest BCUT2D eigenvalue weighted by atomic mass is 10.2. The Kier molecular flexibility index (Phi) is 4.50. The monoisotopic (exact) mass is 269 g/mol. The van der Waals surface area contributed by atoms with Crippen molar-refractivity contribution in [2.24, 2.45) is 0 Å². The molecule has 2 rings (SSSR count). The van der Waals surface area contributed by atoms with Crippen LogP contribution in [0.5, 0.6) is 0 Å². The van der Waals surface area contributed by atoms with Crippen molar-refractivity contribution in [1.29, 1.82) is 0 Å². The van der Waals surface area contributed by atoms with Gasteiger partial charge >= 0.3 is 5.97 Å². The number of nitrogens with zero attached hydrogens (tertiary/aromatic N) is 1. The van der Waals surface area contributed by atoms with Crippen LogP contribution < -0.4 is 4.90 Å². The van der Waals surface area contributed by atoms with Gasteiger partial charge < -0.3 is 4.74 Å². The van der Waals surface area contributed by atoms with Crippen LogP contribution >= 0.6 is 0 Å². The molecule has 4 nitrogen and oxygen atoms in total. The summed E-state index contributed by atoms with van der Waals surface area (Å²) < 4.78 is 4.56. The largest absolute Gasteiger partial charge is 0.469 e. The molecule has 0 aromatic heterocycles. The average Bonchev–Trinajstić information content (AvgIpc) is 2.49. The summed E-state index contributed by atoms with van der Waals surface area (Å²) in [5.41, 5.74) is 1.43. The maximum absolute atomic E-state index is 12.3. The molecule has 0 unspecified atom stereocenters. The first-order chi connectivity index (χ1) is 9.72. The van der Waals surface area contributed by atoms with Gasteiger partial charge in [-0.25, -0.2) is 0 Å². The fourth-order valence-electron chi connectivity index (χ4n) is 1.87. The molecule has 102 valence electrons. The van der Waals surface area contributed by atoms with Gasteiger partial charge in [0.1, 0.15) is 6.42 Å². The molecular weight excluding hydrogens is 254 g/mol. The van der Waals surface area contributed by atoms with Crippen molar-refractivity contribution < 1.29 is 14.3 Å². The number of methoxy groups -OCH3 is 1. The third-order valence-electron chi connectivity index (χ3n) is 2.80.